The van der Waals surface area contributed by atoms with Gasteiger partial charge in [0.25, 0.3) is 5.91 Å². The Morgan fingerprint density at radius 2 is 1.59 bits per heavy atom. The number of carboxylic acid groups (broad SMARTS) is 1. The van der Waals surface area contributed by atoms with Gasteiger partial charge in [-0.3, -0.25) is 4.79 Å². The molecule has 2 amide bonds. The van der Waals surface area contributed by atoms with Crippen molar-refractivity contribution in [3.05, 3.63) is 95.6 Å². The van der Waals surface area contributed by atoms with Crippen molar-refractivity contribution in [3.8, 4) is 11.5 Å². The van der Waals surface area contributed by atoms with E-state index in [1.807, 2.05) is 30.3 Å². The van der Waals surface area contributed by atoms with Crippen LogP contribution >= 0.6 is 0 Å². The number of nitrogens with one attached hydrogen (secondary N) is 1. The van der Waals surface area contributed by atoms with E-state index in [0.717, 1.165) is 5.56 Å². The summed E-state index contributed by atoms with van der Waals surface area (Å²) in [7, 11) is 0. The van der Waals surface area contributed by atoms with Crippen molar-refractivity contribution in [3.63, 3.8) is 0 Å². The average Bonchev–Trinajstić information content (AvgIpc) is 3.11. The van der Waals surface area contributed by atoms with Gasteiger partial charge in [-0.2, -0.15) is 0 Å². The molecule has 3 aromatic carbocycles. The second kappa shape index (κ2) is 11.9. The van der Waals surface area contributed by atoms with Crippen molar-refractivity contribution >= 4 is 18.0 Å². The highest BCUT2D eigenvalue weighted by atomic mass is 16.5. The zero-order valence-electron chi connectivity index (χ0n) is 20.1. The standard InChI is InChI=1S/C28H28N2O7/c31-22-12-8-20(9-13-22)26(32)29-24-17-30(28(34)35)16-4-7-25(24)37-27(33)21-10-14-23(15-11-21)36-18-19-5-2-1-3-6-19/h1-3,5-6,8-15,24-25,31H,4,7,16-18H2,(H,29,32)(H,34,35)/t24-,25-/m1/s1. The van der Waals surface area contributed by atoms with Crippen LogP contribution < -0.4 is 10.1 Å². The lowest BCUT2D eigenvalue weighted by Crippen LogP contribution is -2.51. The topological polar surface area (TPSA) is 125 Å². The van der Waals surface area contributed by atoms with Gasteiger partial charge in [-0.15, -0.1) is 0 Å². The Morgan fingerprint density at radius 1 is 0.919 bits per heavy atom. The molecule has 0 aromatic heterocycles. The number of carbonyl (C=O) groups excluding carboxylic acids is 2. The predicted octanol–water partition coefficient (Wildman–Crippen LogP) is 4.07. The highest BCUT2D eigenvalue weighted by Crippen LogP contribution is 2.20. The third-order valence-corrected chi connectivity index (χ3v) is 6.10. The molecule has 0 saturated carbocycles. The SMILES string of the molecule is O=C(N[C@@H]1CN(C(=O)O)CCC[C@H]1OC(=O)c1ccc(OCc2ccccc2)cc1)c1ccc(O)cc1. The molecule has 9 nitrogen and oxygen atoms in total. The monoisotopic (exact) mass is 504 g/mol. The predicted molar refractivity (Wildman–Crippen MR) is 135 cm³/mol. The minimum Gasteiger partial charge on any atom is -0.508 e. The smallest absolute Gasteiger partial charge is 0.407 e. The zero-order chi connectivity index (χ0) is 26.2. The van der Waals surface area contributed by atoms with Crippen molar-refractivity contribution in [2.45, 2.75) is 31.6 Å². The first-order chi connectivity index (χ1) is 17.9. The molecule has 0 unspecified atom stereocenters. The molecular weight excluding hydrogens is 476 g/mol. The third kappa shape index (κ3) is 7.00. The van der Waals surface area contributed by atoms with Crippen molar-refractivity contribution in [1.82, 2.24) is 10.2 Å². The maximum absolute atomic E-state index is 12.9. The van der Waals surface area contributed by atoms with Gasteiger partial charge in [-0.25, -0.2) is 9.59 Å². The highest BCUT2D eigenvalue weighted by molar-refractivity contribution is 5.94. The molecule has 0 bridgehead atoms. The summed E-state index contributed by atoms with van der Waals surface area (Å²) in [6, 6.07) is 21.2. The minimum atomic E-state index is -1.11. The molecule has 37 heavy (non-hydrogen) atoms. The van der Waals surface area contributed by atoms with Gasteiger partial charge in [0.15, 0.2) is 0 Å². The van der Waals surface area contributed by atoms with Crippen LogP contribution in [0.15, 0.2) is 78.9 Å². The third-order valence-electron chi connectivity index (χ3n) is 6.10. The van der Waals surface area contributed by atoms with Crippen LogP contribution in [-0.2, 0) is 11.3 Å². The number of hydrogen-bond donors (Lipinski definition) is 3. The Bertz CT molecular complexity index is 1210. The van der Waals surface area contributed by atoms with Crippen LogP contribution in [0.3, 0.4) is 0 Å². The summed E-state index contributed by atoms with van der Waals surface area (Å²) in [6.45, 7) is 0.640. The Hall–Kier alpha value is -4.53. The lowest BCUT2D eigenvalue weighted by atomic mass is 10.1. The normalized spacial score (nSPS) is 17.4. The lowest BCUT2D eigenvalue weighted by molar-refractivity contribution is 0.0179. The van der Waals surface area contributed by atoms with Gasteiger partial charge < -0.3 is 29.9 Å². The molecule has 192 valence electrons. The zero-order valence-corrected chi connectivity index (χ0v) is 20.1. The van der Waals surface area contributed by atoms with Crippen LogP contribution in [0.4, 0.5) is 4.79 Å². The number of hydrogen-bond acceptors (Lipinski definition) is 6. The van der Waals surface area contributed by atoms with E-state index in [1.165, 1.54) is 29.2 Å². The van der Waals surface area contributed by atoms with Crippen LogP contribution in [0, 0.1) is 0 Å². The van der Waals surface area contributed by atoms with Crippen LogP contribution in [0.5, 0.6) is 11.5 Å². The number of rotatable bonds is 7. The maximum atomic E-state index is 12.9. The van der Waals surface area contributed by atoms with Gasteiger partial charge in [-0.1, -0.05) is 30.3 Å². The molecule has 0 radical (unpaired) electrons. The van der Waals surface area contributed by atoms with Gasteiger partial charge in [-0.05, 0) is 66.9 Å². The van der Waals surface area contributed by atoms with E-state index in [1.54, 1.807) is 24.3 Å². The Morgan fingerprint density at radius 3 is 2.27 bits per heavy atom. The molecule has 1 fully saturated rings. The first kappa shape index (κ1) is 25.6. The quantitative estimate of drug-likeness (QED) is 0.414. The largest absolute Gasteiger partial charge is 0.508 e. The number of carbonyl (C=O) groups is 3. The molecule has 1 aliphatic rings. The summed E-state index contributed by atoms with van der Waals surface area (Å²) < 4.78 is 11.5. The van der Waals surface area contributed by atoms with E-state index < -0.39 is 30.1 Å². The van der Waals surface area contributed by atoms with Gasteiger partial charge >= 0.3 is 12.1 Å². The molecule has 3 N–H and O–H groups in total. The second-order valence-electron chi connectivity index (χ2n) is 8.74. The number of nitrogens with zero attached hydrogens (tertiary/aromatic N) is 1. The van der Waals surface area contributed by atoms with Gasteiger partial charge in [0.05, 0.1) is 11.6 Å². The molecule has 4 rings (SSSR count). The van der Waals surface area contributed by atoms with Crippen molar-refractivity contribution in [1.29, 1.82) is 0 Å². The summed E-state index contributed by atoms with van der Waals surface area (Å²) in [5.41, 5.74) is 1.63. The fraction of sp³-hybridized carbons (Fsp3) is 0.250. The molecule has 3 aromatic rings. The van der Waals surface area contributed by atoms with Crippen LogP contribution in [0.2, 0.25) is 0 Å². The van der Waals surface area contributed by atoms with E-state index in [9.17, 15) is 24.6 Å². The average molecular weight is 505 g/mol. The molecule has 9 heteroatoms. The van der Waals surface area contributed by atoms with Crippen LogP contribution in [0.1, 0.15) is 39.1 Å². The number of aromatic hydroxyl groups is 1. The van der Waals surface area contributed by atoms with E-state index in [2.05, 4.69) is 5.32 Å². The van der Waals surface area contributed by atoms with E-state index >= 15 is 0 Å². The lowest BCUT2D eigenvalue weighted by Gasteiger charge is -2.28. The summed E-state index contributed by atoms with van der Waals surface area (Å²) >= 11 is 0. The number of phenols is 1. The summed E-state index contributed by atoms with van der Waals surface area (Å²) in [4.78, 5) is 38.6. The molecule has 2 atom stereocenters. The highest BCUT2D eigenvalue weighted by Gasteiger charge is 2.33. The summed E-state index contributed by atoms with van der Waals surface area (Å²) in [5, 5.41) is 21.8. The second-order valence-corrected chi connectivity index (χ2v) is 8.74. The number of likely N-dealkylation sites (tertiary alicyclic amines) is 1. The van der Waals surface area contributed by atoms with Gasteiger partial charge in [0.2, 0.25) is 0 Å². The van der Waals surface area contributed by atoms with E-state index in [4.69, 9.17) is 9.47 Å². The number of benzene rings is 3. The van der Waals surface area contributed by atoms with Crippen molar-refractivity contribution in [2.24, 2.45) is 0 Å². The molecular formula is C28H28N2O7. The van der Waals surface area contributed by atoms with Crippen molar-refractivity contribution < 1.29 is 34.1 Å². The number of amides is 2. The van der Waals surface area contributed by atoms with Crippen LogP contribution in [-0.4, -0.2) is 58.3 Å². The maximum Gasteiger partial charge on any atom is 0.407 e. The van der Waals surface area contributed by atoms with Crippen LogP contribution in [0.25, 0.3) is 0 Å². The van der Waals surface area contributed by atoms with Crippen molar-refractivity contribution in [2.75, 3.05) is 13.1 Å². The first-order valence-corrected chi connectivity index (χ1v) is 11.9. The first-order valence-electron chi connectivity index (χ1n) is 11.9. The number of phenolic OH excluding ortho intramolecular Hbond substituents is 1. The number of esters is 1. The Labute approximate surface area is 214 Å². The number of ether oxygens (including phenoxy) is 2. The molecule has 1 aliphatic heterocycles. The van der Waals surface area contributed by atoms with Gasteiger partial charge in [0, 0.05) is 18.7 Å². The minimum absolute atomic E-state index is 0.0198. The fourth-order valence-electron chi connectivity index (χ4n) is 4.08. The fourth-order valence-corrected chi connectivity index (χ4v) is 4.08. The molecule has 0 aliphatic carbocycles. The molecule has 1 saturated heterocycles. The van der Waals surface area contributed by atoms with Gasteiger partial charge in [0.1, 0.15) is 24.2 Å². The Balaban J connectivity index is 1.42. The Kier molecular flexibility index (Phi) is 8.25. The van der Waals surface area contributed by atoms with E-state index in [0.29, 0.717) is 36.3 Å². The van der Waals surface area contributed by atoms with E-state index in [-0.39, 0.29) is 18.8 Å². The molecule has 1 heterocycles. The summed E-state index contributed by atoms with van der Waals surface area (Å²) in [5.74, 6) is -0.414. The summed E-state index contributed by atoms with van der Waals surface area (Å²) in [6.07, 6.45) is -0.981. The molecule has 0 spiro atoms.